The number of furan rings is 1. The van der Waals surface area contributed by atoms with Crippen LogP contribution in [0.1, 0.15) is 39.0 Å². The van der Waals surface area contributed by atoms with Gasteiger partial charge in [-0.05, 0) is 67.1 Å². The smallest absolute Gasteiger partial charge is 0.338 e. The maximum absolute atomic E-state index is 12.6. The molecule has 4 rings (SSSR count). The summed E-state index contributed by atoms with van der Waals surface area (Å²) in [7, 11) is -3.62. The number of carbonyl (C=O) groups is 2. The minimum Gasteiger partial charge on any atom is -0.462 e. The summed E-state index contributed by atoms with van der Waals surface area (Å²) in [6.45, 7) is 2.10. The minimum absolute atomic E-state index is 0.0506. The topological polar surface area (TPSA) is 118 Å². The van der Waals surface area contributed by atoms with Crippen molar-refractivity contribution in [1.82, 2.24) is 5.43 Å². The lowest BCUT2D eigenvalue weighted by molar-refractivity contribution is 0.0526. The average molecular weight is 580 g/mol. The molecule has 0 saturated heterocycles. The van der Waals surface area contributed by atoms with Gasteiger partial charge >= 0.3 is 5.97 Å². The number of sulfonamides is 1. The number of ether oxygens (including phenoxy) is 1. The highest BCUT2D eigenvalue weighted by Gasteiger charge is 2.19. The molecule has 3 aromatic carbocycles. The highest BCUT2D eigenvalue weighted by Crippen LogP contribution is 2.25. The van der Waals surface area contributed by atoms with Crippen molar-refractivity contribution in [3.63, 3.8) is 0 Å². The van der Waals surface area contributed by atoms with Crippen LogP contribution in [0.3, 0.4) is 0 Å². The molecule has 4 aromatic rings. The van der Waals surface area contributed by atoms with Gasteiger partial charge in [0.05, 0.1) is 36.9 Å². The third-order valence-electron chi connectivity index (χ3n) is 5.75. The lowest BCUT2D eigenvalue weighted by atomic mass is 10.1. The van der Waals surface area contributed by atoms with Crippen molar-refractivity contribution in [3.8, 4) is 11.3 Å². The Kier molecular flexibility index (Phi) is 9.03. The lowest BCUT2D eigenvalue weighted by Gasteiger charge is -2.23. The summed E-state index contributed by atoms with van der Waals surface area (Å²) in [6.07, 6.45) is 2.47. The van der Waals surface area contributed by atoms with Gasteiger partial charge in [0, 0.05) is 16.1 Å². The van der Waals surface area contributed by atoms with Crippen molar-refractivity contribution in [3.05, 3.63) is 112 Å². The highest BCUT2D eigenvalue weighted by molar-refractivity contribution is 7.92. The Hall–Kier alpha value is -4.41. The van der Waals surface area contributed by atoms with Gasteiger partial charge in [0.15, 0.2) is 0 Å². The normalized spacial score (nSPS) is 11.4. The van der Waals surface area contributed by atoms with E-state index < -0.39 is 21.9 Å². The third-order valence-corrected chi connectivity index (χ3v) is 7.26. The Morgan fingerprint density at radius 1 is 0.975 bits per heavy atom. The molecule has 0 aliphatic rings. The second-order valence-corrected chi connectivity index (χ2v) is 10.9. The number of carbonyl (C=O) groups excluding carboxylic acids is 2. The maximum Gasteiger partial charge on any atom is 0.338 e. The van der Waals surface area contributed by atoms with E-state index in [4.69, 9.17) is 20.8 Å². The monoisotopic (exact) mass is 579 g/mol. The van der Waals surface area contributed by atoms with Gasteiger partial charge in [0.25, 0.3) is 5.91 Å². The predicted octanol–water partition coefficient (Wildman–Crippen LogP) is 5.51. The Labute approximate surface area is 237 Å². The first-order valence-corrected chi connectivity index (χ1v) is 14.4. The third kappa shape index (κ3) is 7.16. The molecule has 0 bridgehead atoms. The van der Waals surface area contributed by atoms with Gasteiger partial charge in [-0.15, -0.1) is 0 Å². The Morgan fingerprint density at radius 2 is 1.65 bits per heavy atom. The van der Waals surface area contributed by atoms with E-state index >= 15 is 0 Å². The number of amides is 1. The van der Waals surface area contributed by atoms with Crippen LogP contribution in [0.5, 0.6) is 0 Å². The molecule has 40 heavy (non-hydrogen) atoms. The lowest BCUT2D eigenvalue weighted by Crippen LogP contribution is -2.29. The quantitative estimate of drug-likeness (QED) is 0.150. The fourth-order valence-electron chi connectivity index (χ4n) is 3.74. The SMILES string of the molecule is CCOC(=O)c1ccc(-c2ccc(/C=N\NC(=O)c3ccc(N(Cc4ccccc4Cl)S(C)(=O)=O)cc3)o2)cc1. The van der Waals surface area contributed by atoms with Crippen molar-refractivity contribution >= 4 is 45.4 Å². The zero-order chi connectivity index (χ0) is 28.7. The predicted molar refractivity (Wildman–Crippen MR) is 154 cm³/mol. The molecule has 206 valence electrons. The Balaban J connectivity index is 1.38. The molecule has 1 N–H and O–H groups in total. The summed E-state index contributed by atoms with van der Waals surface area (Å²) in [4.78, 5) is 24.4. The van der Waals surface area contributed by atoms with Crippen LogP contribution in [0.2, 0.25) is 5.02 Å². The van der Waals surface area contributed by atoms with E-state index in [2.05, 4.69) is 10.5 Å². The molecule has 1 aromatic heterocycles. The summed E-state index contributed by atoms with van der Waals surface area (Å²) in [5.41, 5.74) is 4.96. The molecule has 0 fully saturated rings. The van der Waals surface area contributed by atoms with Crippen molar-refractivity contribution in [1.29, 1.82) is 0 Å². The van der Waals surface area contributed by atoms with E-state index in [-0.39, 0.29) is 12.1 Å². The second-order valence-electron chi connectivity index (χ2n) is 8.61. The molecule has 0 radical (unpaired) electrons. The van der Waals surface area contributed by atoms with E-state index in [1.54, 1.807) is 79.7 Å². The Morgan fingerprint density at radius 3 is 2.30 bits per heavy atom. The number of hydrogen-bond acceptors (Lipinski definition) is 7. The first kappa shape index (κ1) is 28.6. The van der Waals surface area contributed by atoms with Gasteiger partial charge in [-0.25, -0.2) is 18.6 Å². The zero-order valence-electron chi connectivity index (χ0n) is 21.7. The zero-order valence-corrected chi connectivity index (χ0v) is 23.3. The summed E-state index contributed by atoms with van der Waals surface area (Å²) in [6, 6.07) is 23.3. The summed E-state index contributed by atoms with van der Waals surface area (Å²) in [5, 5.41) is 4.40. The highest BCUT2D eigenvalue weighted by atomic mass is 35.5. The first-order chi connectivity index (χ1) is 19.2. The average Bonchev–Trinajstić information content (AvgIpc) is 3.41. The van der Waals surface area contributed by atoms with Crippen LogP contribution in [-0.2, 0) is 21.3 Å². The molecular weight excluding hydrogens is 554 g/mol. The van der Waals surface area contributed by atoms with E-state index in [1.165, 1.54) is 22.7 Å². The maximum atomic E-state index is 12.6. The minimum atomic E-state index is -3.62. The standard InChI is InChI=1S/C29H26ClN3O6S/c1-3-38-29(35)22-10-8-20(9-11-22)27-17-16-25(39-27)18-31-32-28(34)21-12-14-24(15-13-21)33(40(2,36)37)19-23-6-4-5-7-26(23)30/h4-18H,3,19H2,1-2H3,(H,32,34)/b31-18-. The molecule has 1 amide bonds. The van der Waals surface area contributed by atoms with Crippen LogP contribution < -0.4 is 9.73 Å². The molecule has 0 spiro atoms. The largest absolute Gasteiger partial charge is 0.462 e. The van der Waals surface area contributed by atoms with Crippen LogP contribution in [-0.4, -0.2) is 39.4 Å². The van der Waals surface area contributed by atoms with Crippen molar-refractivity contribution in [2.45, 2.75) is 13.5 Å². The molecule has 0 atom stereocenters. The molecule has 0 aliphatic heterocycles. The molecular formula is C29H26ClN3O6S. The van der Waals surface area contributed by atoms with Crippen molar-refractivity contribution in [2.75, 3.05) is 17.2 Å². The number of nitrogens with one attached hydrogen (secondary N) is 1. The van der Waals surface area contributed by atoms with Crippen LogP contribution in [0, 0.1) is 0 Å². The van der Waals surface area contributed by atoms with Gasteiger partial charge in [-0.1, -0.05) is 41.9 Å². The first-order valence-electron chi connectivity index (χ1n) is 12.2. The number of benzene rings is 3. The van der Waals surface area contributed by atoms with E-state index in [0.29, 0.717) is 40.0 Å². The molecule has 0 saturated carbocycles. The summed E-state index contributed by atoms with van der Waals surface area (Å²) >= 11 is 6.21. The number of rotatable bonds is 10. The molecule has 0 unspecified atom stereocenters. The van der Waals surface area contributed by atoms with Crippen LogP contribution in [0.15, 0.2) is 94.4 Å². The van der Waals surface area contributed by atoms with Gasteiger partial charge < -0.3 is 9.15 Å². The molecule has 0 aliphatic carbocycles. The number of esters is 1. The van der Waals surface area contributed by atoms with Crippen LogP contribution in [0.25, 0.3) is 11.3 Å². The Bertz CT molecular complexity index is 1630. The van der Waals surface area contributed by atoms with E-state index in [1.807, 2.05) is 0 Å². The fourth-order valence-corrected chi connectivity index (χ4v) is 4.82. The van der Waals surface area contributed by atoms with Gasteiger partial charge in [0.1, 0.15) is 11.5 Å². The van der Waals surface area contributed by atoms with Gasteiger partial charge in [-0.3, -0.25) is 9.10 Å². The number of hydrogen-bond donors (Lipinski definition) is 1. The number of halogens is 1. The molecule has 11 heteroatoms. The number of nitrogens with zero attached hydrogens (tertiary/aromatic N) is 2. The van der Waals surface area contributed by atoms with Crippen molar-refractivity contribution < 1.29 is 27.2 Å². The van der Waals surface area contributed by atoms with Gasteiger partial charge in [0.2, 0.25) is 10.0 Å². The number of hydrazone groups is 1. The van der Waals surface area contributed by atoms with Gasteiger partial charge in [-0.2, -0.15) is 5.10 Å². The second kappa shape index (κ2) is 12.6. The van der Waals surface area contributed by atoms with Crippen molar-refractivity contribution in [2.24, 2.45) is 5.10 Å². The molecule has 1 heterocycles. The van der Waals surface area contributed by atoms with Crippen LogP contribution >= 0.6 is 11.6 Å². The van der Waals surface area contributed by atoms with E-state index in [0.717, 1.165) is 11.8 Å². The van der Waals surface area contributed by atoms with Crippen LogP contribution in [0.4, 0.5) is 5.69 Å². The summed E-state index contributed by atoms with van der Waals surface area (Å²) < 4.78 is 36.9. The molecule has 9 nitrogen and oxygen atoms in total. The summed E-state index contributed by atoms with van der Waals surface area (Å²) in [5.74, 6) is 0.0899. The van der Waals surface area contributed by atoms with E-state index in [9.17, 15) is 18.0 Å². The number of anilines is 1. The fraction of sp³-hybridized carbons (Fsp3) is 0.138.